The third-order valence-electron chi connectivity index (χ3n) is 5.60. The van der Waals surface area contributed by atoms with Gasteiger partial charge in [0.25, 0.3) is 5.56 Å². The molecule has 0 saturated carbocycles. The fraction of sp³-hybridized carbons (Fsp3) is 0.381. The number of sulfone groups is 1. The molecule has 7 nitrogen and oxygen atoms in total. The fourth-order valence-corrected chi connectivity index (χ4v) is 4.29. The fourth-order valence-electron chi connectivity index (χ4n) is 2.77. The first-order valence-electron chi connectivity index (χ1n) is 9.57. The highest BCUT2D eigenvalue weighted by atomic mass is 32.2. The zero-order valence-corrected chi connectivity index (χ0v) is 20.2. The first-order valence-corrected chi connectivity index (χ1v) is 14.4. The van der Waals surface area contributed by atoms with Gasteiger partial charge in [-0.15, -0.1) is 0 Å². The Kier molecular flexibility index (Phi) is 5.40. The van der Waals surface area contributed by atoms with Gasteiger partial charge in [0.2, 0.25) is 23.3 Å². The van der Waals surface area contributed by atoms with Crippen molar-refractivity contribution in [1.29, 1.82) is 0 Å². The van der Waals surface area contributed by atoms with Crippen LogP contribution >= 0.6 is 0 Å². The van der Waals surface area contributed by atoms with Crippen LogP contribution in [0.15, 0.2) is 46.5 Å². The molecule has 0 radical (unpaired) electrons. The van der Waals surface area contributed by atoms with Gasteiger partial charge in [-0.05, 0) is 41.9 Å². The number of hydrogen-bond donors (Lipinski definition) is 0. The van der Waals surface area contributed by atoms with Crippen LogP contribution in [0.1, 0.15) is 20.8 Å². The van der Waals surface area contributed by atoms with E-state index in [-0.39, 0.29) is 21.4 Å². The number of rotatable bonds is 4. The lowest BCUT2D eigenvalue weighted by atomic mass is 10.1. The Hall–Kier alpha value is -2.52. The lowest BCUT2D eigenvalue weighted by Crippen LogP contribution is -2.43. The van der Waals surface area contributed by atoms with Crippen molar-refractivity contribution >= 4 is 29.2 Å². The average Bonchev–Trinajstić information content (AvgIpc) is 2.63. The van der Waals surface area contributed by atoms with E-state index in [1.54, 1.807) is 13.1 Å². The maximum atomic E-state index is 12.9. The minimum absolute atomic E-state index is 0.0881. The van der Waals surface area contributed by atoms with E-state index in [2.05, 4.69) is 43.8 Å². The van der Waals surface area contributed by atoms with Crippen molar-refractivity contribution in [1.82, 2.24) is 14.5 Å². The molecule has 3 aromatic rings. The molecule has 0 saturated heterocycles. The molecule has 0 amide bonds. The molecule has 0 unspecified atom stereocenters. The summed E-state index contributed by atoms with van der Waals surface area (Å²) in [6.07, 6.45) is 2.46. The Balaban J connectivity index is 2.03. The quantitative estimate of drug-likeness (QED) is 0.448. The second-order valence-corrected chi connectivity index (χ2v) is 15.6. The van der Waals surface area contributed by atoms with Crippen LogP contribution in [0.2, 0.25) is 18.1 Å². The van der Waals surface area contributed by atoms with Gasteiger partial charge in [0.1, 0.15) is 11.4 Å². The highest BCUT2D eigenvalue weighted by Crippen LogP contribution is 2.37. The summed E-state index contributed by atoms with van der Waals surface area (Å²) < 4.78 is 31.1. The van der Waals surface area contributed by atoms with Crippen molar-refractivity contribution in [2.24, 2.45) is 7.05 Å². The molecule has 0 bridgehead atoms. The molecule has 0 aliphatic carbocycles. The van der Waals surface area contributed by atoms with Gasteiger partial charge >= 0.3 is 0 Å². The van der Waals surface area contributed by atoms with E-state index in [0.29, 0.717) is 10.9 Å². The highest BCUT2D eigenvalue weighted by Gasteiger charge is 2.38. The maximum absolute atomic E-state index is 12.9. The van der Waals surface area contributed by atoms with Gasteiger partial charge in [-0.1, -0.05) is 32.9 Å². The van der Waals surface area contributed by atoms with Gasteiger partial charge in [-0.25, -0.2) is 13.4 Å². The molecule has 0 aliphatic heterocycles. The first-order chi connectivity index (χ1) is 13.7. The van der Waals surface area contributed by atoms with Crippen LogP contribution in [-0.4, -0.2) is 37.5 Å². The molecule has 0 atom stereocenters. The zero-order valence-electron chi connectivity index (χ0n) is 18.3. The lowest BCUT2D eigenvalue weighted by molar-refractivity contribution is 0.492. The molecule has 2 aromatic heterocycles. The molecule has 0 N–H and O–H groups in total. The summed E-state index contributed by atoms with van der Waals surface area (Å²) in [6, 6.07) is 9.16. The molecule has 3 rings (SSSR count). The molecule has 160 valence electrons. The van der Waals surface area contributed by atoms with Crippen LogP contribution in [0.4, 0.5) is 0 Å². The van der Waals surface area contributed by atoms with E-state index in [9.17, 15) is 13.2 Å². The molecule has 0 fully saturated rings. The summed E-state index contributed by atoms with van der Waals surface area (Å²) in [5, 5.41) is 0.371. The number of pyridine rings is 1. The van der Waals surface area contributed by atoms with Crippen LogP contribution < -0.4 is 9.99 Å². The SMILES string of the molecule is Cn1c(=O)c(-c2ccc(O[Si](C)(C)C(C)(C)C)cc2)cc2cnc(S(C)(=O)=O)nc21. The highest BCUT2D eigenvalue weighted by molar-refractivity contribution is 7.90. The van der Waals surface area contributed by atoms with Crippen LogP contribution in [-0.2, 0) is 16.9 Å². The summed E-state index contributed by atoms with van der Waals surface area (Å²) in [7, 11) is -3.94. The van der Waals surface area contributed by atoms with E-state index >= 15 is 0 Å². The van der Waals surface area contributed by atoms with Gasteiger partial charge in [0.05, 0.1) is 0 Å². The van der Waals surface area contributed by atoms with Crippen LogP contribution in [0.5, 0.6) is 5.75 Å². The first kappa shape index (κ1) is 22.2. The van der Waals surface area contributed by atoms with Crippen molar-refractivity contribution in [3.8, 4) is 16.9 Å². The second kappa shape index (κ2) is 7.31. The average molecular weight is 446 g/mol. The minimum atomic E-state index is -3.56. The second-order valence-electron chi connectivity index (χ2n) is 9.01. The Labute approximate surface area is 177 Å². The van der Waals surface area contributed by atoms with Gasteiger partial charge in [0.15, 0.2) is 0 Å². The van der Waals surface area contributed by atoms with Crippen molar-refractivity contribution in [3.63, 3.8) is 0 Å². The molecule has 0 aliphatic rings. The Morgan fingerprint density at radius 1 is 1.10 bits per heavy atom. The summed E-state index contributed by atoms with van der Waals surface area (Å²) in [4.78, 5) is 20.9. The summed E-state index contributed by atoms with van der Waals surface area (Å²) in [5.74, 6) is 0.782. The van der Waals surface area contributed by atoms with E-state index in [1.165, 1.54) is 10.8 Å². The van der Waals surface area contributed by atoms with Gasteiger partial charge < -0.3 is 4.43 Å². The Bertz CT molecular complexity index is 1270. The third kappa shape index (κ3) is 4.17. The third-order valence-corrected chi connectivity index (χ3v) is 10.8. The van der Waals surface area contributed by atoms with Crippen LogP contribution in [0.25, 0.3) is 22.2 Å². The number of fused-ring (bicyclic) bond motifs is 1. The standard InChI is InChI=1S/C21H27N3O4SSi/c1-21(2,3)30(6,7)28-16-10-8-14(9-11-16)17-12-15-13-22-20(29(5,26)27)23-18(15)24(4)19(17)25/h8-13H,1-7H3. The number of aromatic nitrogens is 3. The predicted octanol–water partition coefficient (Wildman–Crippen LogP) is 3.78. The summed E-state index contributed by atoms with van der Waals surface area (Å²) in [6.45, 7) is 10.9. The number of aryl methyl sites for hydroxylation is 1. The molecule has 30 heavy (non-hydrogen) atoms. The van der Waals surface area contributed by atoms with E-state index in [0.717, 1.165) is 17.6 Å². The monoisotopic (exact) mass is 445 g/mol. The van der Waals surface area contributed by atoms with Gasteiger partial charge in [-0.3, -0.25) is 9.36 Å². The van der Waals surface area contributed by atoms with Crippen molar-refractivity contribution in [2.45, 2.75) is 44.1 Å². The topological polar surface area (TPSA) is 91.2 Å². The van der Waals surface area contributed by atoms with Crippen molar-refractivity contribution < 1.29 is 12.8 Å². The molecule has 2 heterocycles. The summed E-state index contributed by atoms with van der Waals surface area (Å²) >= 11 is 0. The number of benzene rings is 1. The molecule has 0 spiro atoms. The normalized spacial score (nSPS) is 12.9. The van der Waals surface area contributed by atoms with E-state index < -0.39 is 18.2 Å². The van der Waals surface area contributed by atoms with E-state index in [1.807, 2.05) is 24.3 Å². The van der Waals surface area contributed by atoms with Crippen molar-refractivity contribution in [2.75, 3.05) is 6.26 Å². The largest absolute Gasteiger partial charge is 0.544 e. The summed E-state index contributed by atoms with van der Waals surface area (Å²) in [5.41, 5.74) is 1.24. The molecule has 1 aromatic carbocycles. The van der Waals surface area contributed by atoms with Gasteiger partial charge in [-0.2, -0.15) is 4.98 Å². The molecular formula is C21H27N3O4SSi. The van der Waals surface area contributed by atoms with E-state index in [4.69, 9.17) is 4.43 Å². The Morgan fingerprint density at radius 3 is 2.23 bits per heavy atom. The number of hydrogen-bond acceptors (Lipinski definition) is 6. The maximum Gasteiger partial charge on any atom is 0.259 e. The molecular weight excluding hydrogens is 418 g/mol. The van der Waals surface area contributed by atoms with Crippen LogP contribution in [0, 0.1) is 0 Å². The number of nitrogens with zero attached hydrogens (tertiary/aromatic N) is 3. The lowest BCUT2D eigenvalue weighted by Gasteiger charge is -2.36. The van der Waals surface area contributed by atoms with Crippen molar-refractivity contribution in [3.05, 3.63) is 46.9 Å². The molecule has 9 heteroatoms. The zero-order chi connectivity index (χ0) is 22.5. The predicted molar refractivity (Wildman–Crippen MR) is 121 cm³/mol. The Morgan fingerprint density at radius 2 is 1.70 bits per heavy atom. The van der Waals surface area contributed by atoms with Crippen LogP contribution in [0.3, 0.4) is 0 Å². The smallest absolute Gasteiger partial charge is 0.259 e. The minimum Gasteiger partial charge on any atom is -0.544 e. The van der Waals surface area contributed by atoms with Gasteiger partial charge in [0, 0.05) is 30.4 Å².